The maximum Gasteiger partial charge on any atom is 0.261 e. The van der Waals surface area contributed by atoms with Crippen LogP contribution in [0.2, 0.25) is 0 Å². The second kappa shape index (κ2) is 5.97. The number of benzene rings is 1. The molecule has 1 atom stereocenters. The first kappa shape index (κ1) is 13.7. The molecular formula is C15H16FNOS. The fourth-order valence-corrected chi connectivity index (χ4v) is 2.55. The van der Waals surface area contributed by atoms with E-state index in [1.165, 1.54) is 23.5 Å². The van der Waals surface area contributed by atoms with Crippen LogP contribution in [-0.4, -0.2) is 5.91 Å². The van der Waals surface area contributed by atoms with Crippen molar-refractivity contribution in [3.8, 4) is 0 Å². The Kier molecular flexibility index (Phi) is 4.32. The van der Waals surface area contributed by atoms with Gasteiger partial charge in [0.25, 0.3) is 5.91 Å². The van der Waals surface area contributed by atoms with Crippen LogP contribution in [0.5, 0.6) is 0 Å². The average molecular weight is 277 g/mol. The van der Waals surface area contributed by atoms with Crippen molar-refractivity contribution >= 4 is 17.2 Å². The summed E-state index contributed by atoms with van der Waals surface area (Å²) in [6, 6.07) is 9.80. The molecule has 2 nitrogen and oxygen atoms in total. The minimum absolute atomic E-state index is 0.0852. The second-order valence-corrected chi connectivity index (χ2v) is 5.67. The third-order valence-corrected chi connectivity index (χ3v) is 3.80. The van der Waals surface area contributed by atoms with E-state index in [1.54, 1.807) is 18.2 Å². The highest BCUT2D eigenvalue weighted by atomic mass is 32.1. The van der Waals surface area contributed by atoms with Crippen LogP contribution < -0.4 is 5.32 Å². The molecular weight excluding hydrogens is 261 g/mol. The van der Waals surface area contributed by atoms with Gasteiger partial charge in [0, 0.05) is 0 Å². The Morgan fingerprint density at radius 1 is 1.21 bits per heavy atom. The molecule has 0 spiro atoms. The Balaban J connectivity index is 2.17. The summed E-state index contributed by atoms with van der Waals surface area (Å²) in [4.78, 5) is 12.8. The van der Waals surface area contributed by atoms with E-state index in [4.69, 9.17) is 0 Å². The molecule has 0 saturated carbocycles. The predicted octanol–water partition coefficient (Wildman–Crippen LogP) is 4.01. The van der Waals surface area contributed by atoms with Crippen molar-refractivity contribution in [1.82, 2.24) is 5.32 Å². The molecule has 0 aliphatic rings. The molecule has 0 bridgehead atoms. The van der Waals surface area contributed by atoms with Crippen LogP contribution in [0.4, 0.5) is 4.39 Å². The van der Waals surface area contributed by atoms with Gasteiger partial charge in [-0.05, 0) is 35.1 Å². The topological polar surface area (TPSA) is 29.1 Å². The van der Waals surface area contributed by atoms with Crippen molar-refractivity contribution in [3.63, 3.8) is 0 Å². The van der Waals surface area contributed by atoms with Crippen LogP contribution >= 0.6 is 11.3 Å². The first-order chi connectivity index (χ1) is 9.08. The lowest BCUT2D eigenvalue weighted by Crippen LogP contribution is -2.31. The summed E-state index contributed by atoms with van der Waals surface area (Å²) in [5.41, 5.74) is 0.918. The van der Waals surface area contributed by atoms with Gasteiger partial charge in [-0.1, -0.05) is 32.0 Å². The molecule has 1 heterocycles. The number of amides is 1. The fourth-order valence-electron chi connectivity index (χ4n) is 1.93. The third kappa shape index (κ3) is 3.41. The summed E-state index contributed by atoms with van der Waals surface area (Å²) in [5, 5.41) is 4.88. The van der Waals surface area contributed by atoms with Gasteiger partial charge >= 0.3 is 0 Å². The van der Waals surface area contributed by atoms with E-state index in [-0.39, 0.29) is 23.7 Å². The number of carbonyl (C=O) groups excluding carboxylic acids is 1. The van der Waals surface area contributed by atoms with Crippen molar-refractivity contribution in [2.24, 2.45) is 5.92 Å². The van der Waals surface area contributed by atoms with E-state index in [2.05, 4.69) is 5.32 Å². The van der Waals surface area contributed by atoms with Gasteiger partial charge in [0.2, 0.25) is 0 Å². The lowest BCUT2D eigenvalue weighted by Gasteiger charge is -2.22. The van der Waals surface area contributed by atoms with E-state index < -0.39 is 0 Å². The van der Waals surface area contributed by atoms with Crippen LogP contribution in [0.15, 0.2) is 41.8 Å². The lowest BCUT2D eigenvalue weighted by atomic mass is 9.96. The maximum atomic E-state index is 13.0. The van der Waals surface area contributed by atoms with E-state index in [0.29, 0.717) is 4.88 Å². The molecule has 0 radical (unpaired) electrons. The van der Waals surface area contributed by atoms with Crippen molar-refractivity contribution in [2.75, 3.05) is 0 Å². The average Bonchev–Trinajstić information content (AvgIpc) is 2.90. The van der Waals surface area contributed by atoms with Crippen LogP contribution in [0.3, 0.4) is 0 Å². The molecule has 0 aliphatic carbocycles. The van der Waals surface area contributed by atoms with Gasteiger partial charge < -0.3 is 5.32 Å². The molecule has 100 valence electrons. The second-order valence-electron chi connectivity index (χ2n) is 4.72. The van der Waals surface area contributed by atoms with Crippen molar-refractivity contribution < 1.29 is 9.18 Å². The Bertz CT molecular complexity index is 534. The first-order valence-electron chi connectivity index (χ1n) is 6.18. The molecule has 19 heavy (non-hydrogen) atoms. The third-order valence-electron chi connectivity index (χ3n) is 2.93. The number of rotatable bonds is 4. The molecule has 1 unspecified atom stereocenters. The molecule has 4 heteroatoms. The zero-order valence-electron chi connectivity index (χ0n) is 10.9. The standard InChI is InChI=1S/C15H16FNOS/c1-10(2)14(11-5-7-12(16)8-6-11)17-15(18)13-4-3-9-19-13/h3-10,14H,1-2H3,(H,17,18). The largest absolute Gasteiger partial charge is 0.344 e. The predicted molar refractivity (Wildman–Crippen MR) is 75.8 cm³/mol. The van der Waals surface area contributed by atoms with Crippen molar-refractivity contribution in [1.29, 1.82) is 0 Å². The number of hydrogen-bond donors (Lipinski definition) is 1. The zero-order chi connectivity index (χ0) is 13.8. The van der Waals surface area contributed by atoms with Gasteiger partial charge in [0.15, 0.2) is 0 Å². The SMILES string of the molecule is CC(C)C(NC(=O)c1cccs1)c1ccc(F)cc1. The molecule has 1 aromatic heterocycles. The maximum absolute atomic E-state index is 13.0. The van der Waals surface area contributed by atoms with E-state index in [0.717, 1.165) is 5.56 Å². The highest BCUT2D eigenvalue weighted by Gasteiger charge is 2.19. The Morgan fingerprint density at radius 2 is 1.89 bits per heavy atom. The Morgan fingerprint density at radius 3 is 2.42 bits per heavy atom. The summed E-state index contributed by atoms with van der Waals surface area (Å²) < 4.78 is 13.0. The van der Waals surface area contributed by atoms with Gasteiger partial charge in [-0.2, -0.15) is 0 Å². The summed E-state index contributed by atoms with van der Waals surface area (Å²) in [7, 11) is 0. The molecule has 1 amide bonds. The molecule has 0 saturated heterocycles. The van der Waals surface area contributed by atoms with E-state index in [1.807, 2.05) is 25.3 Å². The van der Waals surface area contributed by atoms with Gasteiger partial charge in [-0.25, -0.2) is 4.39 Å². The molecule has 2 aromatic rings. The van der Waals surface area contributed by atoms with Crippen LogP contribution in [0.25, 0.3) is 0 Å². The van der Waals surface area contributed by atoms with Gasteiger partial charge in [0.1, 0.15) is 5.82 Å². The number of nitrogens with one attached hydrogen (secondary N) is 1. The van der Waals surface area contributed by atoms with E-state index in [9.17, 15) is 9.18 Å². The first-order valence-corrected chi connectivity index (χ1v) is 7.05. The number of carbonyl (C=O) groups is 1. The van der Waals surface area contributed by atoms with Gasteiger partial charge in [-0.15, -0.1) is 11.3 Å². The summed E-state index contributed by atoms with van der Waals surface area (Å²) in [6.07, 6.45) is 0. The van der Waals surface area contributed by atoms with E-state index >= 15 is 0 Å². The van der Waals surface area contributed by atoms with Crippen LogP contribution in [0, 0.1) is 11.7 Å². The number of hydrogen-bond acceptors (Lipinski definition) is 2. The molecule has 1 aromatic carbocycles. The Labute approximate surface area is 116 Å². The normalized spacial score (nSPS) is 12.4. The van der Waals surface area contributed by atoms with Gasteiger partial charge in [0.05, 0.1) is 10.9 Å². The summed E-state index contributed by atoms with van der Waals surface area (Å²) >= 11 is 1.41. The lowest BCUT2D eigenvalue weighted by molar-refractivity contribution is 0.0930. The quantitative estimate of drug-likeness (QED) is 0.898. The van der Waals surface area contributed by atoms with Crippen molar-refractivity contribution in [3.05, 3.63) is 58.0 Å². The summed E-state index contributed by atoms with van der Waals surface area (Å²) in [5.74, 6) is -0.122. The summed E-state index contributed by atoms with van der Waals surface area (Å²) in [6.45, 7) is 4.06. The smallest absolute Gasteiger partial charge is 0.261 e. The molecule has 0 aliphatic heterocycles. The fraction of sp³-hybridized carbons (Fsp3) is 0.267. The number of thiophene rings is 1. The zero-order valence-corrected chi connectivity index (χ0v) is 11.7. The minimum Gasteiger partial charge on any atom is -0.344 e. The number of halogens is 1. The van der Waals surface area contributed by atoms with Crippen LogP contribution in [0.1, 0.15) is 35.1 Å². The van der Waals surface area contributed by atoms with Crippen molar-refractivity contribution in [2.45, 2.75) is 19.9 Å². The molecule has 1 N–H and O–H groups in total. The molecule has 0 fully saturated rings. The Hall–Kier alpha value is -1.68. The minimum atomic E-state index is -0.268. The van der Waals surface area contributed by atoms with Gasteiger partial charge in [-0.3, -0.25) is 4.79 Å². The molecule has 2 rings (SSSR count). The van der Waals surface area contributed by atoms with Crippen LogP contribution in [-0.2, 0) is 0 Å². The highest BCUT2D eigenvalue weighted by molar-refractivity contribution is 7.12. The monoisotopic (exact) mass is 277 g/mol. The highest BCUT2D eigenvalue weighted by Crippen LogP contribution is 2.23.